The molecule has 4 nitrogen and oxygen atoms in total. The quantitative estimate of drug-likeness (QED) is 0.683. The Morgan fingerprint density at radius 3 is 2.45 bits per heavy atom. The van der Waals surface area contributed by atoms with Gasteiger partial charge in [0.25, 0.3) is 0 Å². The third-order valence-corrected chi connectivity index (χ3v) is 3.75. The van der Waals surface area contributed by atoms with E-state index in [9.17, 15) is 0 Å². The molecule has 0 fully saturated rings. The van der Waals surface area contributed by atoms with Gasteiger partial charge >= 0.3 is 0 Å². The Hall–Kier alpha value is -2.04. The molecule has 0 aliphatic carbocycles. The highest BCUT2D eigenvalue weighted by atomic mass is 35.5. The van der Waals surface area contributed by atoms with Crippen molar-refractivity contribution < 1.29 is 4.74 Å². The molecule has 1 heterocycles. The molecule has 0 saturated heterocycles. The lowest BCUT2D eigenvalue weighted by Crippen LogP contribution is -2.02. The average Bonchev–Trinajstić information content (AvgIpc) is 3.02. The van der Waals surface area contributed by atoms with Crippen LogP contribution in [0.1, 0.15) is 5.56 Å². The van der Waals surface area contributed by atoms with Gasteiger partial charge in [0.1, 0.15) is 24.2 Å². The molecule has 0 saturated carbocycles. The van der Waals surface area contributed by atoms with Crippen LogP contribution in [-0.2, 0) is 13.0 Å². The van der Waals surface area contributed by atoms with E-state index in [0.717, 1.165) is 24.3 Å². The number of ether oxygens (including phenoxy) is 1. The summed E-state index contributed by atoms with van der Waals surface area (Å²) in [5.74, 6) is 1.41. The first-order valence-corrected chi connectivity index (χ1v) is 7.50. The third kappa shape index (κ3) is 3.78. The summed E-state index contributed by atoms with van der Waals surface area (Å²) < 4.78 is 7.52. The van der Waals surface area contributed by atoms with Crippen molar-refractivity contribution in [3.8, 4) is 11.5 Å². The molecule has 0 spiro atoms. The smallest absolute Gasteiger partial charge is 0.137 e. The normalized spacial score (nSPS) is 10.6. The molecule has 0 N–H and O–H groups in total. The van der Waals surface area contributed by atoms with Crippen LogP contribution in [0, 0.1) is 0 Å². The van der Waals surface area contributed by atoms with Crippen LogP contribution in [0.2, 0.25) is 10.0 Å². The molecule has 22 heavy (non-hydrogen) atoms. The lowest BCUT2D eigenvalue weighted by Gasteiger charge is -2.09. The van der Waals surface area contributed by atoms with Crippen molar-refractivity contribution in [1.29, 1.82) is 0 Å². The Kier molecular flexibility index (Phi) is 4.61. The summed E-state index contributed by atoms with van der Waals surface area (Å²) >= 11 is 12.2. The van der Waals surface area contributed by atoms with Crippen LogP contribution >= 0.6 is 23.2 Å². The van der Waals surface area contributed by atoms with E-state index < -0.39 is 0 Å². The van der Waals surface area contributed by atoms with Gasteiger partial charge in [-0.2, -0.15) is 5.10 Å². The number of hydrogen-bond acceptors (Lipinski definition) is 3. The molecule has 0 radical (unpaired) electrons. The van der Waals surface area contributed by atoms with Crippen molar-refractivity contribution >= 4 is 23.2 Å². The monoisotopic (exact) mass is 333 g/mol. The zero-order chi connectivity index (χ0) is 15.4. The van der Waals surface area contributed by atoms with Crippen molar-refractivity contribution in [3.05, 3.63) is 70.7 Å². The highest BCUT2D eigenvalue weighted by Crippen LogP contribution is 2.28. The molecule has 3 aromatic rings. The van der Waals surface area contributed by atoms with Gasteiger partial charge in [0, 0.05) is 16.6 Å². The Bertz CT molecular complexity index is 743. The predicted octanol–water partition coefficient (Wildman–Crippen LogP) is 4.62. The molecule has 112 valence electrons. The minimum absolute atomic E-state index is 0.673. The minimum atomic E-state index is 0.673. The van der Waals surface area contributed by atoms with E-state index in [4.69, 9.17) is 27.9 Å². The summed E-state index contributed by atoms with van der Waals surface area (Å²) in [6, 6.07) is 12.9. The fourth-order valence-electron chi connectivity index (χ4n) is 2.02. The van der Waals surface area contributed by atoms with Gasteiger partial charge in [0.2, 0.25) is 0 Å². The van der Waals surface area contributed by atoms with Crippen LogP contribution < -0.4 is 4.74 Å². The molecule has 1 aromatic heterocycles. The molecular weight excluding hydrogens is 321 g/mol. The minimum Gasteiger partial charge on any atom is -0.457 e. The maximum Gasteiger partial charge on any atom is 0.137 e. The van der Waals surface area contributed by atoms with Crippen molar-refractivity contribution in [3.63, 3.8) is 0 Å². The van der Waals surface area contributed by atoms with Gasteiger partial charge in [-0.05, 0) is 48.4 Å². The van der Waals surface area contributed by atoms with Crippen molar-refractivity contribution in [2.45, 2.75) is 13.0 Å². The number of hydrogen-bond donors (Lipinski definition) is 0. The Balaban J connectivity index is 1.67. The molecule has 2 aromatic carbocycles. The second kappa shape index (κ2) is 6.81. The molecule has 0 aliphatic rings. The summed E-state index contributed by atoms with van der Waals surface area (Å²) in [5.41, 5.74) is 1.04. The first-order valence-electron chi connectivity index (χ1n) is 6.75. The SMILES string of the molecule is Clc1ccc(Oc2ccc(CCn3cncn3)c(Cl)c2)cc1. The molecule has 6 heteroatoms. The number of aryl methyl sites for hydroxylation is 2. The lowest BCUT2D eigenvalue weighted by molar-refractivity contribution is 0.482. The Morgan fingerprint density at radius 2 is 1.77 bits per heavy atom. The summed E-state index contributed by atoms with van der Waals surface area (Å²) in [7, 11) is 0. The molecule has 3 rings (SSSR count). The van der Waals surface area contributed by atoms with Crippen molar-refractivity contribution in [2.75, 3.05) is 0 Å². The maximum atomic E-state index is 6.31. The molecular formula is C16H13Cl2N3O. The molecule has 0 unspecified atom stereocenters. The predicted molar refractivity (Wildman–Crippen MR) is 86.7 cm³/mol. The second-order valence-corrected chi connectivity index (χ2v) is 5.56. The highest BCUT2D eigenvalue weighted by Gasteiger charge is 2.05. The van der Waals surface area contributed by atoms with Crippen LogP contribution in [0.5, 0.6) is 11.5 Å². The largest absolute Gasteiger partial charge is 0.457 e. The van der Waals surface area contributed by atoms with Crippen molar-refractivity contribution in [2.24, 2.45) is 0 Å². The van der Waals surface area contributed by atoms with Crippen molar-refractivity contribution in [1.82, 2.24) is 14.8 Å². The Morgan fingerprint density at radius 1 is 1.00 bits per heavy atom. The molecule has 0 aliphatic heterocycles. The number of benzene rings is 2. The van der Waals surface area contributed by atoms with Crippen LogP contribution in [0.25, 0.3) is 0 Å². The average molecular weight is 334 g/mol. The van der Waals surface area contributed by atoms with E-state index in [2.05, 4.69) is 10.1 Å². The number of nitrogens with zero attached hydrogens (tertiary/aromatic N) is 3. The fraction of sp³-hybridized carbons (Fsp3) is 0.125. The van der Waals surface area contributed by atoms with Gasteiger partial charge < -0.3 is 4.74 Å². The van der Waals surface area contributed by atoms with E-state index >= 15 is 0 Å². The lowest BCUT2D eigenvalue weighted by atomic mass is 10.1. The van der Waals surface area contributed by atoms with E-state index in [0.29, 0.717) is 15.8 Å². The van der Waals surface area contributed by atoms with Gasteiger partial charge in [0.15, 0.2) is 0 Å². The van der Waals surface area contributed by atoms with E-state index in [-0.39, 0.29) is 0 Å². The summed E-state index contributed by atoms with van der Waals surface area (Å²) in [6.45, 7) is 0.733. The number of halogens is 2. The molecule has 0 atom stereocenters. The topological polar surface area (TPSA) is 39.9 Å². The van der Waals surface area contributed by atoms with E-state index in [1.165, 1.54) is 6.33 Å². The second-order valence-electron chi connectivity index (χ2n) is 4.72. The van der Waals surface area contributed by atoms with Crippen LogP contribution in [-0.4, -0.2) is 14.8 Å². The van der Waals surface area contributed by atoms with Gasteiger partial charge in [-0.1, -0.05) is 29.3 Å². The summed E-state index contributed by atoms with van der Waals surface area (Å²) in [4.78, 5) is 3.91. The first-order chi connectivity index (χ1) is 10.7. The maximum absolute atomic E-state index is 6.31. The highest BCUT2D eigenvalue weighted by molar-refractivity contribution is 6.31. The molecule has 0 bridgehead atoms. The van der Waals surface area contributed by atoms with Gasteiger partial charge in [-0.3, -0.25) is 4.68 Å². The van der Waals surface area contributed by atoms with Gasteiger partial charge in [-0.15, -0.1) is 0 Å². The zero-order valence-electron chi connectivity index (χ0n) is 11.6. The Labute approximate surface area is 138 Å². The van der Waals surface area contributed by atoms with Gasteiger partial charge in [0.05, 0.1) is 0 Å². The molecule has 0 amide bonds. The van der Waals surface area contributed by atoms with E-state index in [1.54, 1.807) is 23.1 Å². The standard InChI is InChI=1S/C16H13Cl2N3O/c17-13-2-5-14(6-3-13)22-15-4-1-12(16(18)9-15)7-8-21-11-19-10-20-21/h1-6,9-11H,7-8H2. The number of rotatable bonds is 5. The number of aromatic nitrogens is 3. The van der Waals surface area contributed by atoms with Crippen LogP contribution in [0.3, 0.4) is 0 Å². The van der Waals surface area contributed by atoms with Crippen LogP contribution in [0.4, 0.5) is 0 Å². The summed E-state index contributed by atoms with van der Waals surface area (Å²) in [5, 5.41) is 5.42. The fourth-order valence-corrected chi connectivity index (χ4v) is 2.41. The van der Waals surface area contributed by atoms with E-state index in [1.807, 2.05) is 30.3 Å². The third-order valence-electron chi connectivity index (χ3n) is 3.15. The first kappa shape index (κ1) is 14.9. The van der Waals surface area contributed by atoms with Crippen LogP contribution in [0.15, 0.2) is 55.1 Å². The zero-order valence-corrected chi connectivity index (χ0v) is 13.1. The summed E-state index contributed by atoms with van der Waals surface area (Å²) in [6.07, 6.45) is 3.99. The van der Waals surface area contributed by atoms with Gasteiger partial charge in [-0.25, -0.2) is 4.98 Å².